The quantitative estimate of drug-likeness (QED) is 0.917. The van der Waals surface area contributed by atoms with Gasteiger partial charge in [0, 0.05) is 36.9 Å². The van der Waals surface area contributed by atoms with E-state index in [9.17, 15) is 0 Å². The van der Waals surface area contributed by atoms with Gasteiger partial charge >= 0.3 is 0 Å². The number of hydrogen-bond acceptors (Lipinski definition) is 4. The lowest BCUT2D eigenvalue weighted by atomic mass is 10.1. The Morgan fingerprint density at radius 2 is 2.05 bits per heavy atom. The zero-order chi connectivity index (χ0) is 13.9. The lowest BCUT2D eigenvalue weighted by molar-refractivity contribution is 0.174. The van der Waals surface area contributed by atoms with Crippen LogP contribution < -0.4 is 10.6 Å². The molecule has 0 amide bonds. The van der Waals surface area contributed by atoms with Crippen LogP contribution in [0, 0.1) is 0 Å². The second-order valence-electron chi connectivity index (χ2n) is 6.19. The third kappa shape index (κ3) is 2.81. The highest BCUT2D eigenvalue weighted by atomic mass is 15.3. The summed E-state index contributed by atoms with van der Waals surface area (Å²) in [5.74, 6) is 1.10. The first kappa shape index (κ1) is 13.8. The van der Waals surface area contributed by atoms with E-state index in [0.29, 0.717) is 6.04 Å². The second-order valence-corrected chi connectivity index (χ2v) is 6.19. The van der Waals surface area contributed by atoms with E-state index in [-0.39, 0.29) is 6.04 Å². The van der Waals surface area contributed by atoms with Crippen molar-refractivity contribution >= 4 is 5.82 Å². The minimum absolute atomic E-state index is 0.0488. The number of nitrogens with two attached hydrogens (primary N) is 1. The molecule has 4 nitrogen and oxygen atoms in total. The van der Waals surface area contributed by atoms with Gasteiger partial charge in [-0.3, -0.25) is 4.90 Å². The molecule has 2 N–H and O–H groups in total. The Morgan fingerprint density at radius 1 is 1.25 bits per heavy atom. The van der Waals surface area contributed by atoms with E-state index in [1.165, 1.54) is 44.3 Å². The van der Waals surface area contributed by atoms with E-state index < -0.39 is 0 Å². The zero-order valence-electron chi connectivity index (χ0n) is 12.5. The minimum Gasteiger partial charge on any atom is -0.355 e. The summed E-state index contributed by atoms with van der Waals surface area (Å²) in [4.78, 5) is 9.70. The van der Waals surface area contributed by atoms with Crippen LogP contribution in [0.3, 0.4) is 0 Å². The van der Waals surface area contributed by atoms with Crippen molar-refractivity contribution in [2.75, 3.05) is 31.1 Å². The number of likely N-dealkylation sites (tertiary alicyclic amines) is 1. The fraction of sp³-hybridized carbons (Fsp3) is 0.688. The van der Waals surface area contributed by atoms with E-state index in [2.05, 4.69) is 20.9 Å². The smallest absolute Gasteiger partial charge is 0.133 e. The molecule has 3 rings (SSSR count). The molecule has 0 aromatic carbocycles. The average molecular weight is 274 g/mol. The van der Waals surface area contributed by atoms with Crippen LogP contribution in [0.2, 0.25) is 0 Å². The number of hydrogen-bond donors (Lipinski definition) is 1. The summed E-state index contributed by atoms with van der Waals surface area (Å²) in [7, 11) is 0. The molecular weight excluding hydrogens is 248 g/mol. The SMILES string of the molecule is C[C@H](N)c1cccnc1N1CCC(N2CCCCC2)C1. The fourth-order valence-electron chi connectivity index (χ4n) is 3.54. The first-order valence-corrected chi connectivity index (χ1v) is 7.95. The summed E-state index contributed by atoms with van der Waals surface area (Å²) in [6.45, 7) is 6.81. The van der Waals surface area contributed by atoms with Gasteiger partial charge < -0.3 is 10.6 Å². The second kappa shape index (κ2) is 6.10. The monoisotopic (exact) mass is 274 g/mol. The molecular formula is C16H26N4. The predicted molar refractivity (Wildman–Crippen MR) is 82.9 cm³/mol. The topological polar surface area (TPSA) is 45.4 Å². The predicted octanol–water partition coefficient (Wildman–Crippen LogP) is 2.17. The molecule has 0 spiro atoms. The van der Waals surface area contributed by atoms with E-state index in [0.717, 1.165) is 18.9 Å². The summed E-state index contributed by atoms with van der Waals surface area (Å²) in [6.07, 6.45) is 7.28. The number of nitrogens with zero attached hydrogens (tertiary/aromatic N) is 3. The lowest BCUT2D eigenvalue weighted by Gasteiger charge is -2.32. The molecule has 1 unspecified atom stereocenters. The summed E-state index contributed by atoms with van der Waals surface area (Å²) < 4.78 is 0. The largest absolute Gasteiger partial charge is 0.355 e. The Bertz CT molecular complexity index is 440. The highest BCUT2D eigenvalue weighted by molar-refractivity contribution is 5.49. The van der Waals surface area contributed by atoms with E-state index >= 15 is 0 Å². The highest BCUT2D eigenvalue weighted by Crippen LogP contribution is 2.28. The average Bonchev–Trinajstić information content (AvgIpc) is 2.98. The van der Waals surface area contributed by atoms with Crippen LogP contribution in [0.5, 0.6) is 0 Å². The maximum atomic E-state index is 6.08. The van der Waals surface area contributed by atoms with Gasteiger partial charge in [0.2, 0.25) is 0 Å². The van der Waals surface area contributed by atoms with Crippen molar-refractivity contribution in [1.29, 1.82) is 0 Å². The highest BCUT2D eigenvalue weighted by Gasteiger charge is 2.30. The number of piperidine rings is 1. The Hall–Kier alpha value is -1.13. The molecule has 4 heteroatoms. The van der Waals surface area contributed by atoms with Gasteiger partial charge in [-0.05, 0) is 45.3 Å². The Labute approximate surface area is 122 Å². The summed E-state index contributed by atoms with van der Waals surface area (Å²) >= 11 is 0. The van der Waals surface area contributed by atoms with Gasteiger partial charge in [0.05, 0.1) is 0 Å². The molecule has 0 radical (unpaired) electrons. The molecule has 0 bridgehead atoms. The normalized spacial score (nSPS) is 25.9. The van der Waals surface area contributed by atoms with Gasteiger partial charge in [0.1, 0.15) is 5.82 Å². The third-order valence-electron chi connectivity index (χ3n) is 4.68. The molecule has 2 atom stereocenters. The molecule has 110 valence electrons. The minimum atomic E-state index is 0.0488. The van der Waals surface area contributed by atoms with Gasteiger partial charge in [0.25, 0.3) is 0 Å². The molecule has 2 aliphatic rings. The van der Waals surface area contributed by atoms with Crippen molar-refractivity contribution in [2.24, 2.45) is 5.73 Å². The molecule has 0 aliphatic carbocycles. The molecule has 0 saturated carbocycles. The van der Waals surface area contributed by atoms with E-state index in [1.54, 1.807) is 0 Å². The fourth-order valence-corrected chi connectivity index (χ4v) is 3.54. The van der Waals surface area contributed by atoms with Gasteiger partial charge in [-0.2, -0.15) is 0 Å². The molecule has 2 fully saturated rings. The summed E-state index contributed by atoms with van der Waals surface area (Å²) in [5, 5.41) is 0. The molecule has 20 heavy (non-hydrogen) atoms. The maximum absolute atomic E-state index is 6.08. The number of rotatable bonds is 3. The summed E-state index contributed by atoms with van der Waals surface area (Å²) in [5.41, 5.74) is 7.26. The van der Waals surface area contributed by atoms with Crippen LogP contribution in [-0.2, 0) is 0 Å². The van der Waals surface area contributed by atoms with Crippen molar-refractivity contribution in [3.63, 3.8) is 0 Å². The zero-order valence-corrected chi connectivity index (χ0v) is 12.5. The Kier molecular flexibility index (Phi) is 4.22. The Morgan fingerprint density at radius 3 is 2.80 bits per heavy atom. The van der Waals surface area contributed by atoms with E-state index in [1.807, 2.05) is 19.2 Å². The van der Waals surface area contributed by atoms with Gasteiger partial charge in [0.15, 0.2) is 0 Å². The maximum Gasteiger partial charge on any atom is 0.133 e. The van der Waals surface area contributed by atoms with Crippen LogP contribution >= 0.6 is 0 Å². The van der Waals surface area contributed by atoms with Crippen molar-refractivity contribution in [3.05, 3.63) is 23.9 Å². The third-order valence-corrected chi connectivity index (χ3v) is 4.68. The molecule has 3 heterocycles. The number of pyridine rings is 1. The molecule has 1 aromatic rings. The van der Waals surface area contributed by atoms with Crippen LogP contribution in [0.1, 0.15) is 44.2 Å². The van der Waals surface area contributed by atoms with E-state index in [4.69, 9.17) is 5.73 Å². The molecule has 2 aliphatic heterocycles. The lowest BCUT2D eigenvalue weighted by Crippen LogP contribution is -2.41. The van der Waals surface area contributed by atoms with Crippen molar-refractivity contribution in [2.45, 2.75) is 44.7 Å². The van der Waals surface area contributed by atoms with Crippen molar-refractivity contribution in [1.82, 2.24) is 9.88 Å². The van der Waals surface area contributed by atoms with Gasteiger partial charge in [-0.15, -0.1) is 0 Å². The van der Waals surface area contributed by atoms with Crippen LogP contribution in [0.25, 0.3) is 0 Å². The van der Waals surface area contributed by atoms with Crippen molar-refractivity contribution < 1.29 is 0 Å². The van der Waals surface area contributed by atoms with Crippen LogP contribution in [0.4, 0.5) is 5.82 Å². The van der Waals surface area contributed by atoms with Gasteiger partial charge in [-0.25, -0.2) is 4.98 Å². The van der Waals surface area contributed by atoms with Crippen LogP contribution in [0.15, 0.2) is 18.3 Å². The standard InChI is InChI=1S/C16H26N4/c1-13(17)15-6-5-8-18-16(15)20-11-7-14(12-20)19-9-3-2-4-10-19/h5-6,8,13-14H,2-4,7,9-12,17H2,1H3/t13-,14?/m0/s1. The molecule has 2 saturated heterocycles. The first-order valence-electron chi connectivity index (χ1n) is 7.95. The van der Waals surface area contributed by atoms with Gasteiger partial charge in [-0.1, -0.05) is 12.5 Å². The first-order chi connectivity index (χ1) is 9.75. The molecule has 1 aromatic heterocycles. The number of aromatic nitrogens is 1. The van der Waals surface area contributed by atoms with Crippen LogP contribution in [-0.4, -0.2) is 42.1 Å². The Balaban J connectivity index is 1.70. The number of anilines is 1. The van der Waals surface area contributed by atoms with Crippen molar-refractivity contribution in [3.8, 4) is 0 Å². The summed E-state index contributed by atoms with van der Waals surface area (Å²) in [6, 6.07) is 4.85.